The Morgan fingerprint density at radius 2 is 1.89 bits per heavy atom. The molecule has 9 nitrogen and oxygen atoms in total. The van der Waals surface area contributed by atoms with E-state index < -0.39 is 5.82 Å². The van der Waals surface area contributed by atoms with Crippen molar-refractivity contribution >= 4 is 33.9 Å². The lowest BCUT2D eigenvalue weighted by atomic mass is 10.0. The van der Waals surface area contributed by atoms with Crippen LogP contribution in [-0.4, -0.2) is 27.4 Å². The Bertz CT molecular complexity index is 1700. The second-order valence-electron chi connectivity index (χ2n) is 9.34. The molecule has 1 fully saturated rings. The van der Waals surface area contributed by atoms with Crippen LogP contribution in [0.5, 0.6) is 0 Å². The highest BCUT2D eigenvalue weighted by molar-refractivity contribution is 6.01. The Morgan fingerprint density at radius 1 is 1.14 bits per heavy atom. The van der Waals surface area contributed by atoms with Gasteiger partial charge < -0.3 is 20.9 Å². The van der Waals surface area contributed by atoms with Crippen LogP contribution in [0.1, 0.15) is 30.0 Å². The SMILES string of the molecule is CN=C(N)Nc1cccc(-c2nn(C3CC3)c(=O)c3c(Nc4ccc(C)cc4F)c(C)c(=O)n(C)c23)c1. The lowest BCUT2D eigenvalue weighted by molar-refractivity contribution is 0.607. The molecule has 2 heterocycles. The third kappa shape index (κ3) is 4.35. The third-order valence-electron chi connectivity index (χ3n) is 6.60. The topological polar surface area (TPSA) is 119 Å². The van der Waals surface area contributed by atoms with Crippen LogP contribution < -0.4 is 27.5 Å². The van der Waals surface area contributed by atoms with Crippen molar-refractivity contribution in [2.75, 3.05) is 17.7 Å². The van der Waals surface area contributed by atoms with Gasteiger partial charge in [-0.3, -0.25) is 14.6 Å². The molecular weight excluding hydrogens is 473 g/mol. The number of anilines is 3. The molecule has 2 aromatic carbocycles. The molecule has 0 bridgehead atoms. The molecule has 0 aliphatic heterocycles. The van der Waals surface area contributed by atoms with Crippen molar-refractivity contribution in [3.63, 3.8) is 0 Å². The van der Waals surface area contributed by atoms with Crippen molar-refractivity contribution in [1.29, 1.82) is 0 Å². The summed E-state index contributed by atoms with van der Waals surface area (Å²) < 4.78 is 17.7. The van der Waals surface area contributed by atoms with Crippen LogP contribution in [0.15, 0.2) is 57.0 Å². The van der Waals surface area contributed by atoms with Crippen LogP contribution in [0, 0.1) is 19.7 Å². The van der Waals surface area contributed by atoms with E-state index in [-0.39, 0.29) is 39.9 Å². The van der Waals surface area contributed by atoms with Gasteiger partial charge in [-0.05, 0) is 56.5 Å². The van der Waals surface area contributed by atoms with Crippen LogP contribution >= 0.6 is 0 Å². The number of benzene rings is 2. The first-order chi connectivity index (χ1) is 17.7. The van der Waals surface area contributed by atoms with E-state index in [4.69, 9.17) is 10.8 Å². The minimum Gasteiger partial charge on any atom is -0.370 e. The summed E-state index contributed by atoms with van der Waals surface area (Å²) in [6.07, 6.45) is 1.67. The van der Waals surface area contributed by atoms with Crippen molar-refractivity contribution in [3.05, 3.63) is 80.1 Å². The monoisotopic (exact) mass is 501 g/mol. The summed E-state index contributed by atoms with van der Waals surface area (Å²) in [5, 5.41) is 11.1. The highest BCUT2D eigenvalue weighted by Gasteiger charge is 2.30. The number of rotatable bonds is 5. The Morgan fingerprint density at radius 3 is 2.57 bits per heavy atom. The van der Waals surface area contributed by atoms with Gasteiger partial charge in [0, 0.05) is 30.9 Å². The number of hydrogen-bond donors (Lipinski definition) is 3. The summed E-state index contributed by atoms with van der Waals surface area (Å²) in [6, 6.07) is 12.1. The van der Waals surface area contributed by atoms with E-state index in [1.54, 1.807) is 40.1 Å². The molecule has 10 heteroatoms. The second kappa shape index (κ2) is 9.20. The molecule has 1 saturated carbocycles. The number of nitrogens with zero attached hydrogens (tertiary/aromatic N) is 4. The minimum absolute atomic E-state index is 0.0265. The van der Waals surface area contributed by atoms with Gasteiger partial charge in [0.05, 0.1) is 28.3 Å². The zero-order valence-corrected chi connectivity index (χ0v) is 21.1. The van der Waals surface area contributed by atoms with Gasteiger partial charge in [-0.15, -0.1) is 0 Å². The molecule has 0 spiro atoms. The first kappa shape index (κ1) is 24.2. The number of aryl methyl sites for hydroxylation is 2. The number of hydrogen-bond acceptors (Lipinski definition) is 5. The highest BCUT2D eigenvalue weighted by Crippen LogP contribution is 2.37. The zero-order chi connectivity index (χ0) is 26.4. The van der Waals surface area contributed by atoms with E-state index in [2.05, 4.69) is 15.6 Å². The Kier molecular flexibility index (Phi) is 6.02. The summed E-state index contributed by atoms with van der Waals surface area (Å²) in [7, 11) is 3.19. The number of aliphatic imine (C=N–C) groups is 1. The van der Waals surface area contributed by atoms with E-state index in [0.29, 0.717) is 28.0 Å². The Labute approximate surface area is 212 Å². The van der Waals surface area contributed by atoms with Gasteiger partial charge in [-0.2, -0.15) is 5.10 Å². The van der Waals surface area contributed by atoms with Crippen LogP contribution in [-0.2, 0) is 7.05 Å². The molecule has 5 rings (SSSR count). The van der Waals surface area contributed by atoms with Crippen LogP contribution in [0.25, 0.3) is 22.2 Å². The molecule has 1 aliphatic rings. The maximum absolute atomic E-state index is 14.8. The molecule has 0 unspecified atom stereocenters. The lowest BCUT2D eigenvalue weighted by Crippen LogP contribution is -2.30. The van der Waals surface area contributed by atoms with Gasteiger partial charge >= 0.3 is 0 Å². The van der Waals surface area contributed by atoms with Crippen LogP contribution in [0.4, 0.5) is 21.5 Å². The normalized spacial score (nSPS) is 13.7. The molecule has 0 atom stereocenters. The number of guanidine groups is 1. The second-order valence-corrected chi connectivity index (χ2v) is 9.34. The maximum atomic E-state index is 14.8. The minimum atomic E-state index is -0.473. The van der Waals surface area contributed by atoms with Crippen molar-refractivity contribution < 1.29 is 4.39 Å². The van der Waals surface area contributed by atoms with Gasteiger partial charge in [0.25, 0.3) is 11.1 Å². The predicted octanol–water partition coefficient (Wildman–Crippen LogP) is 3.95. The smallest absolute Gasteiger partial charge is 0.278 e. The van der Waals surface area contributed by atoms with Crippen LogP contribution in [0.2, 0.25) is 0 Å². The Hall–Kier alpha value is -4.47. The number of nitrogens with two attached hydrogens (primary N) is 1. The first-order valence-electron chi connectivity index (χ1n) is 12.0. The fraction of sp³-hybridized carbons (Fsp3) is 0.259. The van der Waals surface area contributed by atoms with E-state index in [1.807, 2.05) is 24.3 Å². The number of fused-ring (bicyclic) bond motifs is 1. The standard InChI is InChI=1S/C27H28FN7O2/c1-14-8-11-20(19(28)12-14)32-22-15(2)25(36)34(4)24-21(22)26(37)35(18-9-10-18)33-23(24)16-6-5-7-17(13-16)31-27(29)30-3/h5-8,11-13,18,32H,9-10H2,1-4H3,(H3,29,30,31). The summed E-state index contributed by atoms with van der Waals surface area (Å²) in [6.45, 7) is 3.43. The first-order valence-corrected chi connectivity index (χ1v) is 12.0. The van der Waals surface area contributed by atoms with Gasteiger partial charge in [0.2, 0.25) is 0 Å². The molecule has 0 saturated heterocycles. The van der Waals surface area contributed by atoms with E-state index in [0.717, 1.165) is 18.4 Å². The average Bonchev–Trinajstić information content (AvgIpc) is 3.72. The lowest BCUT2D eigenvalue weighted by Gasteiger charge is -2.19. The summed E-state index contributed by atoms with van der Waals surface area (Å²) in [4.78, 5) is 31.1. The molecule has 4 aromatic rings. The van der Waals surface area contributed by atoms with Crippen molar-refractivity contribution in [2.45, 2.75) is 32.7 Å². The van der Waals surface area contributed by atoms with Crippen molar-refractivity contribution in [3.8, 4) is 11.3 Å². The van der Waals surface area contributed by atoms with Gasteiger partial charge in [0.1, 0.15) is 11.5 Å². The fourth-order valence-electron chi connectivity index (χ4n) is 4.46. The highest BCUT2D eigenvalue weighted by atomic mass is 19.1. The summed E-state index contributed by atoms with van der Waals surface area (Å²) in [5.41, 5.74) is 8.92. The van der Waals surface area contributed by atoms with Crippen LogP contribution in [0.3, 0.4) is 0 Å². The summed E-state index contributed by atoms with van der Waals surface area (Å²) in [5.74, 6) is -0.230. The number of pyridine rings is 1. The molecule has 4 N–H and O–H groups in total. The molecule has 1 aliphatic carbocycles. The molecule has 0 amide bonds. The third-order valence-corrected chi connectivity index (χ3v) is 6.60. The molecular formula is C27H28FN7O2. The fourth-order valence-corrected chi connectivity index (χ4v) is 4.46. The van der Waals surface area contributed by atoms with Gasteiger partial charge in [0.15, 0.2) is 5.96 Å². The quantitative estimate of drug-likeness (QED) is 0.281. The zero-order valence-electron chi connectivity index (χ0n) is 21.1. The number of nitrogens with one attached hydrogen (secondary N) is 2. The number of aromatic nitrogens is 3. The van der Waals surface area contributed by atoms with E-state index in [1.165, 1.54) is 15.3 Å². The largest absolute Gasteiger partial charge is 0.370 e. The average molecular weight is 502 g/mol. The summed E-state index contributed by atoms with van der Waals surface area (Å²) >= 11 is 0. The van der Waals surface area contributed by atoms with Gasteiger partial charge in [-0.25, -0.2) is 9.07 Å². The Balaban J connectivity index is 1.83. The number of halogens is 1. The molecule has 37 heavy (non-hydrogen) atoms. The maximum Gasteiger partial charge on any atom is 0.278 e. The van der Waals surface area contributed by atoms with Gasteiger partial charge in [-0.1, -0.05) is 18.2 Å². The van der Waals surface area contributed by atoms with E-state index in [9.17, 15) is 14.0 Å². The van der Waals surface area contributed by atoms with E-state index >= 15 is 0 Å². The predicted molar refractivity (Wildman–Crippen MR) is 145 cm³/mol. The molecule has 0 radical (unpaired) electrons. The van der Waals surface area contributed by atoms with Crippen molar-refractivity contribution in [1.82, 2.24) is 14.3 Å². The molecule has 2 aromatic heterocycles. The molecule has 190 valence electrons. The van der Waals surface area contributed by atoms with Crippen molar-refractivity contribution in [2.24, 2.45) is 17.8 Å².